The minimum Gasteiger partial charge on any atom is -0.357 e. The molecule has 2 aliphatic heterocycles. The smallest absolute Gasteiger partial charge is 0.126 e. The Morgan fingerprint density at radius 1 is 0.839 bits per heavy atom. The molecular formula is C28H36N2O. The van der Waals surface area contributed by atoms with Crippen LogP contribution in [0, 0.1) is 11.8 Å². The largest absolute Gasteiger partial charge is 0.357 e. The van der Waals surface area contributed by atoms with Gasteiger partial charge >= 0.3 is 0 Å². The second kappa shape index (κ2) is 9.57. The van der Waals surface area contributed by atoms with Crippen molar-refractivity contribution in [1.29, 1.82) is 0 Å². The second-order valence-corrected chi connectivity index (χ2v) is 9.78. The summed E-state index contributed by atoms with van der Waals surface area (Å²) in [4.78, 5) is 5.09. The summed E-state index contributed by atoms with van der Waals surface area (Å²) < 4.78 is 6.30. The number of hydrogen-bond acceptors (Lipinski definition) is 3. The Kier molecular flexibility index (Phi) is 6.82. The molecule has 2 saturated heterocycles. The summed E-state index contributed by atoms with van der Waals surface area (Å²) in [6.07, 6.45) is 3.35. The van der Waals surface area contributed by atoms with Crippen molar-refractivity contribution in [3.8, 4) is 11.8 Å². The van der Waals surface area contributed by atoms with Crippen LogP contribution in [-0.4, -0.2) is 53.7 Å². The van der Waals surface area contributed by atoms with E-state index < -0.39 is 0 Å². The van der Waals surface area contributed by atoms with Gasteiger partial charge in [0.05, 0.1) is 18.2 Å². The van der Waals surface area contributed by atoms with Gasteiger partial charge in [-0.25, -0.2) is 0 Å². The van der Waals surface area contributed by atoms with Crippen LogP contribution in [0.3, 0.4) is 0 Å². The van der Waals surface area contributed by atoms with Gasteiger partial charge in [-0.3, -0.25) is 9.80 Å². The first kappa shape index (κ1) is 22.1. The molecule has 0 saturated carbocycles. The Morgan fingerprint density at radius 2 is 1.42 bits per heavy atom. The monoisotopic (exact) mass is 416 g/mol. The standard InChI is InChI=1S/C28H36N2O/c1-27(2)16-10-17-28(3,31-27)18-11-19-29-20-22-30(23-21-29)26(24-12-6-4-7-13-24)25-14-8-5-9-15-25/h4-9,12-15,26H,10,16-17,19-23H2,1-3H3/t28-/m1/s1. The topological polar surface area (TPSA) is 15.7 Å². The number of nitrogens with zero attached hydrogens (tertiary/aromatic N) is 2. The molecule has 0 amide bonds. The Hall–Kier alpha value is -2.12. The first-order valence-electron chi connectivity index (χ1n) is 11.7. The lowest BCUT2D eigenvalue weighted by molar-refractivity contribution is -0.135. The fraction of sp³-hybridized carbons (Fsp3) is 0.500. The summed E-state index contributed by atoms with van der Waals surface area (Å²) in [7, 11) is 0. The quantitative estimate of drug-likeness (QED) is 0.642. The van der Waals surface area contributed by atoms with Crippen LogP contribution in [0.1, 0.15) is 57.2 Å². The van der Waals surface area contributed by atoms with E-state index >= 15 is 0 Å². The Bertz CT molecular complexity index is 851. The molecule has 0 radical (unpaired) electrons. The van der Waals surface area contributed by atoms with Gasteiger partial charge in [0.2, 0.25) is 0 Å². The predicted molar refractivity (Wildman–Crippen MR) is 128 cm³/mol. The average molecular weight is 417 g/mol. The van der Waals surface area contributed by atoms with Gasteiger partial charge in [-0.05, 0) is 51.2 Å². The van der Waals surface area contributed by atoms with E-state index in [4.69, 9.17) is 4.74 Å². The molecule has 3 nitrogen and oxygen atoms in total. The maximum absolute atomic E-state index is 6.30. The lowest BCUT2D eigenvalue weighted by Crippen LogP contribution is -2.48. The van der Waals surface area contributed by atoms with E-state index in [1.165, 1.54) is 17.5 Å². The number of piperazine rings is 1. The van der Waals surface area contributed by atoms with Gasteiger partial charge in [0.15, 0.2) is 0 Å². The van der Waals surface area contributed by atoms with E-state index in [0.717, 1.165) is 45.6 Å². The molecule has 2 heterocycles. The molecule has 2 aromatic carbocycles. The van der Waals surface area contributed by atoms with E-state index in [-0.39, 0.29) is 11.2 Å². The summed E-state index contributed by atoms with van der Waals surface area (Å²) in [6, 6.07) is 22.1. The van der Waals surface area contributed by atoms with E-state index in [0.29, 0.717) is 6.04 Å². The first-order valence-corrected chi connectivity index (χ1v) is 11.7. The molecule has 0 aliphatic carbocycles. The summed E-state index contributed by atoms with van der Waals surface area (Å²) in [6.45, 7) is 11.6. The fourth-order valence-corrected chi connectivity index (χ4v) is 5.05. The maximum Gasteiger partial charge on any atom is 0.126 e. The highest BCUT2D eigenvalue weighted by Crippen LogP contribution is 2.34. The molecule has 0 aromatic heterocycles. The molecular weight excluding hydrogens is 380 g/mol. The van der Waals surface area contributed by atoms with Gasteiger partial charge in [-0.2, -0.15) is 0 Å². The third-order valence-electron chi connectivity index (χ3n) is 6.59. The minimum absolute atomic E-state index is 0.0583. The molecule has 4 rings (SSSR count). The number of rotatable bonds is 4. The molecule has 164 valence electrons. The lowest BCUT2D eigenvalue weighted by atomic mass is 9.88. The molecule has 2 aliphatic rings. The molecule has 0 unspecified atom stereocenters. The Balaban J connectivity index is 1.38. The molecule has 31 heavy (non-hydrogen) atoms. The molecule has 1 atom stereocenters. The third kappa shape index (κ3) is 5.77. The second-order valence-electron chi connectivity index (χ2n) is 9.78. The highest BCUT2D eigenvalue weighted by Gasteiger charge is 2.36. The zero-order valence-corrected chi connectivity index (χ0v) is 19.3. The van der Waals surface area contributed by atoms with Crippen molar-refractivity contribution in [1.82, 2.24) is 9.80 Å². The Labute approximate surface area is 188 Å². The first-order chi connectivity index (χ1) is 14.9. The van der Waals surface area contributed by atoms with Crippen LogP contribution in [0.15, 0.2) is 60.7 Å². The summed E-state index contributed by atoms with van der Waals surface area (Å²) in [5, 5.41) is 0. The summed E-state index contributed by atoms with van der Waals surface area (Å²) in [5.74, 6) is 6.90. The molecule has 0 N–H and O–H groups in total. The van der Waals surface area contributed by atoms with Crippen molar-refractivity contribution in [2.24, 2.45) is 0 Å². The number of ether oxygens (including phenoxy) is 1. The van der Waals surface area contributed by atoms with Crippen molar-refractivity contribution < 1.29 is 4.74 Å². The summed E-state index contributed by atoms with van der Waals surface area (Å²) in [5.41, 5.74) is 2.38. The normalized spacial score (nSPS) is 24.5. The van der Waals surface area contributed by atoms with Crippen molar-refractivity contribution >= 4 is 0 Å². The molecule has 0 spiro atoms. The lowest BCUT2D eigenvalue weighted by Gasteiger charge is -2.40. The zero-order chi connectivity index (χ0) is 21.7. The highest BCUT2D eigenvalue weighted by molar-refractivity contribution is 5.32. The average Bonchev–Trinajstić information content (AvgIpc) is 2.76. The third-order valence-corrected chi connectivity index (χ3v) is 6.59. The van der Waals surface area contributed by atoms with Gasteiger partial charge in [0.25, 0.3) is 0 Å². The Morgan fingerprint density at radius 3 is 1.97 bits per heavy atom. The SMILES string of the molecule is CC1(C)CCC[C@](C)(C#CCN2CCN(C(c3ccccc3)c3ccccc3)CC2)O1. The molecule has 3 heteroatoms. The fourth-order valence-electron chi connectivity index (χ4n) is 5.05. The van der Waals surface area contributed by atoms with Crippen molar-refractivity contribution in [2.45, 2.75) is 57.3 Å². The van der Waals surface area contributed by atoms with E-state index in [1.54, 1.807) is 0 Å². The summed E-state index contributed by atoms with van der Waals surface area (Å²) >= 11 is 0. The predicted octanol–water partition coefficient (Wildman–Crippen LogP) is 5.13. The van der Waals surface area contributed by atoms with Crippen LogP contribution < -0.4 is 0 Å². The van der Waals surface area contributed by atoms with Gasteiger partial charge in [-0.15, -0.1) is 0 Å². The van der Waals surface area contributed by atoms with Crippen LogP contribution in [-0.2, 0) is 4.74 Å². The van der Waals surface area contributed by atoms with Crippen molar-refractivity contribution in [2.75, 3.05) is 32.7 Å². The van der Waals surface area contributed by atoms with E-state index in [1.807, 2.05) is 0 Å². The molecule has 0 bridgehead atoms. The van der Waals surface area contributed by atoms with Crippen LogP contribution in [0.25, 0.3) is 0 Å². The van der Waals surface area contributed by atoms with Crippen LogP contribution in [0.4, 0.5) is 0 Å². The highest BCUT2D eigenvalue weighted by atomic mass is 16.5. The van der Waals surface area contributed by atoms with Gasteiger partial charge in [-0.1, -0.05) is 72.5 Å². The van der Waals surface area contributed by atoms with Crippen LogP contribution in [0.5, 0.6) is 0 Å². The van der Waals surface area contributed by atoms with E-state index in [2.05, 4.69) is 103 Å². The van der Waals surface area contributed by atoms with Crippen molar-refractivity contribution in [3.63, 3.8) is 0 Å². The number of hydrogen-bond donors (Lipinski definition) is 0. The zero-order valence-electron chi connectivity index (χ0n) is 19.3. The van der Waals surface area contributed by atoms with Gasteiger partial charge < -0.3 is 4.74 Å². The minimum atomic E-state index is -0.296. The van der Waals surface area contributed by atoms with Crippen molar-refractivity contribution in [3.05, 3.63) is 71.8 Å². The van der Waals surface area contributed by atoms with Gasteiger partial charge in [0, 0.05) is 26.2 Å². The maximum atomic E-state index is 6.30. The van der Waals surface area contributed by atoms with Crippen LogP contribution in [0.2, 0.25) is 0 Å². The number of benzene rings is 2. The van der Waals surface area contributed by atoms with E-state index in [9.17, 15) is 0 Å². The molecule has 2 aromatic rings. The van der Waals surface area contributed by atoms with Crippen LogP contribution >= 0.6 is 0 Å². The molecule has 2 fully saturated rings. The van der Waals surface area contributed by atoms with Gasteiger partial charge in [0.1, 0.15) is 5.60 Å².